The molecule has 1 spiro atoms. The van der Waals surface area contributed by atoms with Crippen molar-refractivity contribution in [3.8, 4) is 11.1 Å². The van der Waals surface area contributed by atoms with Gasteiger partial charge in [0.15, 0.2) is 5.78 Å². The third-order valence-electron chi connectivity index (χ3n) is 14.6. The Hall–Kier alpha value is -7.21. The zero-order valence-corrected chi connectivity index (χ0v) is 42.3. The molecule has 18 nitrogen and oxygen atoms in total. The van der Waals surface area contributed by atoms with Gasteiger partial charge in [0.05, 0.1) is 0 Å². The molecule has 4 atom stereocenters. The van der Waals surface area contributed by atoms with Crippen molar-refractivity contribution in [2.45, 2.75) is 104 Å². The second-order valence-corrected chi connectivity index (χ2v) is 20.4. The number of carbonyl (C=O) groups is 7. The standard InChI is InChI=1S/C54H67N7O11/c1-31(2)43(59-49(66)70-30-40-37-16-11-9-14-35(37)36-15-10-12-17-38(36)40)47(64)58-41(18-13-25-56-48(55)65)46(63)57-34-21-19-33(20-22-34)29-71-50(67)60(7)26-27-61(8)51(68)72-45-42-32(3)54(23-24-54)53(6,69)44(62)39(42)28-52(45,4)5/h9-12,14-17,19-22,28,31,40-41,43,45,69H,13,18,23-27,29-30H2,1-8H3,(H,57,63)(H,58,64)(H,59,66)(H3,55,56,65)/t41-,43-,45?,53-/m0/s1. The number of anilines is 1. The number of Topliss-reactive ketones (excluding diaryl/α,β-unsaturated/α-hetero) is 1. The number of aliphatic hydroxyl groups is 1. The van der Waals surface area contributed by atoms with Gasteiger partial charge in [0.2, 0.25) is 11.8 Å². The number of nitrogens with one attached hydrogen (secondary N) is 4. The minimum atomic E-state index is -1.52. The molecule has 1 fully saturated rings. The summed E-state index contributed by atoms with van der Waals surface area (Å²) in [6, 6.07) is 19.6. The van der Waals surface area contributed by atoms with Gasteiger partial charge in [0, 0.05) is 67.3 Å². The molecule has 3 aromatic rings. The van der Waals surface area contributed by atoms with Crippen LogP contribution in [0.1, 0.15) is 89.8 Å². The van der Waals surface area contributed by atoms with Gasteiger partial charge in [-0.25, -0.2) is 19.2 Å². The van der Waals surface area contributed by atoms with Crippen LogP contribution in [0.25, 0.3) is 11.1 Å². The third kappa shape index (κ3) is 11.0. The highest BCUT2D eigenvalue weighted by Crippen LogP contribution is 2.65. The van der Waals surface area contributed by atoms with Crippen LogP contribution in [0.4, 0.5) is 24.9 Å². The van der Waals surface area contributed by atoms with Crippen LogP contribution in [0.5, 0.6) is 0 Å². The topological polar surface area (TPSA) is 248 Å². The zero-order valence-electron chi connectivity index (χ0n) is 42.3. The number of urea groups is 1. The zero-order chi connectivity index (χ0) is 52.3. The Morgan fingerprint density at radius 3 is 2.00 bits per heavy atom. The third-order valence-corrected chi connectivity index (χ3v) is 14.6. The Labute approximate surface area is 420 Å². The number of hydrogen-bond acceptors (Lipinski definition) is 11. The summed E-state index contributed by atoms with van der Waals surface area (Å²) >= 11 is 0. The van der Waals surface area contributed by atoms with Gasteiger partial charge < -0.3 is 56.1 Å². The monoisotopic (exact) mass is 989 g/mol. The first-order valence-corrected chi connectivity index (χ1v) is 24.4. The summed E-state index contributed by atoms with van der Waals surface area (Å²) in [5.41, 5.74) is 9.58. The van der Waals surface area contributed by atoms with E-state index in [0.717, 1.165) is 27.8 Å². The lowest BCUT2D eigenvalue weighted by Gasteiger charge is -2.40. The summed E-state index contributed by atoms with van der Waals surface area (Å²) in [5.74, 6) is -2.06. The van der Waals surface area contributed by atoms with Crippen molar-refractivity contribution in [2.75, 3.05) is 45.7 Å². The second kappa shape index (κ2) is 21.2. The predicted molar refractivity (Wildman–Crippen MR) is 268 cm³/mol. The van der Waals surface area contributed by atoms with Crippen molar-refractivity contribution in [3.63, 3.8) is 0 Å². The lowest BCUT2D eigenvalue weighted by atomic mass is 9.67. The Morgan fingerprint density at radius 1 is 0.819 bits per heavy atom. The van der Waals surface area contributed by atoms with Crippen LogP contribution in [0.3, 0.4) is 0 Å². The summed E-state index contributed by atoms with van der Waals surface area (Å²) in [4.78, 5) is 94.6. The minimum absolute atomic E-state index is 0.0536. The Bertz CT molecular complexity index is 2630. The van der Waals surface area contributed by atoms with E-state index in [1.807, 2.05) is 69.3 Å². The number of likely N-dealkylation sites (N-methyl/N-ethyl adjacent to an activating group) is 2. The quantitative estimate of drug-likeness (QED) is 0.0591. The van der Waals surface area contributed by atoms with Crippen LogP contribution in [-0.4, -0.2) is 121 Å². The number of ketones is 1. The second-order valence-electron chi connectivity index (χ2n) is 20.4. The molecule has 7 amide bonds. The molecule has 4 aliphatic rings. The van der Waals surface area contributed by atoms with E-state index >= 15 is 0 Å². The molecule has 0 aromatic heterocycles. The number of nitrogens with zero attached hydrogens (tertiary/aromatic N) is 2. The molecule has 18 heteroatoms. The van der Waals surface area contributed by atoms with Crippen LogP contribution in [0, 0.1) is 16.7 Å². The van der Waals surface area contributed by atoms with E-state index in [9.17, 15) is 38.7 Å². The number of fused-ring (bicyclic) bond motifs is 4. The maximum Gasteiger partial charge on any atom is 0.410 e. The normalized spacial score (nSPS) is 19.7. The van der Waals surface area contributed by atoms with E-state index in [1.165, 1.54) is 9.80 Å². The van der Waals surface area contributed by atoms with E-state index in [-0.39, 0.29) is 63.3 Å². The van der Waals surface area contributed by atoms with Crippen LogP contribution in [-0.2, 0) is 35.2 Å². The highest BCUT2D eigenvalue weighted by Gasteiger charge is 2.67. The summed E-state index contributed by atoms with van der Waals surface area (Å²) in [6.07, 6.45) is 0.798. The van der Waals surface area contributed by atoms with Gasteiger partial charge >= 0.3 is 24.3 Å². The molecular weight excluding hydrogens is 923 g/mol. The average Bonchev–Trinajstić information content (AvgIpc) is 4.05. The SMILES string of the molecule is CC1=C2C(=CC(C)(C)C2OC(=O)N(C)CCN(C)C(=O)OCc2ccc(NC(=O)[C@H](CCCNC(N)=O)NC(=O)[C@@H](NC(=O)OCC3c4ccccc4-c4ccccc43)C(C)C)cc2)C(=O)[C@](C)(O)C12CC2. The number of ether oxygens (including phenoxy) is 3. The molecule has 1 saturated carbocycles. The van der Waals surface area contributed by atoms with Crippen LogP contribution < -0.4 is 27.0 Å². The van der Waals surface area contributed by atoms with E-state index in [2.05, 4.69) is 21.3 Å². The molecule has 0 saturated heterocycles. The van der Waals surface area contributed by atoms with Crippen molar-refractivity contribution in [1.82, 2.24) is 25.8 Å². The minimum Gasteiger partial charge on any atom is -0.449 e. The average molecular weight is 990 g/mol. The van der Waals surface area contributed by atoms with Gasteiger partial charge in [-0.1, -0.05) is 100 Å². The molecule has 0 radical (unpaired) electrons. The molecule has 384 valence electrons. The molecule has 3 aromatic carbocycles. The van der Waals surface area contributed by atoms with Crippen molar-refractivity contribution in [3.05, 3.63) is 112 Å². The number of hydrogen-bond donors (Lipinski definition) is 6. The number of primary amides is 1. The number of benzene rings is 3. The molecular formula is C54H67N7O11. The summed E-state index contributed by atoms with van der Waals surface area (Å²) in [6.45, 7) is 11.1. The molecule has 0 heterocycles. The number of amides is 7. The van der Waals surface area contributed by atoms with Crippen molar-refractivity contribution in [1.29, 1.82) is 0 Å². The van der Waals surface area contributed by atoms with Gasteiger partial charge in [-0.3, -0.25) is 14.4 Å². The van der Waals surface area contributed by atoms with Gasteiger partial charge in [0.25, 0.3) is 0 Å². The number of alkyl carbamates (subject to hydrolysis) is 1. The Morgan fingerprint density at radius 2 is 1.42 bits per heavy atom. The molecule has 72 heavy (non-hydrogen) atoms. The van der Waals surface area contributed by atoms with Gasteiger partial charge in [-0.15, -0.1) is 0 Å². The highest BCUT2D eigenvalue weighted by molar-refractivity contribution is 6.09. The van der Waals surface area contributed by atoms with Crippen molar-refractivity contribution >= 4 is 47.6 Å². The Balaban J connectivity index is 0.883. The summed E-state index contributed by atoms with van der Waals surface area (Å²) < 4.78 is 17.3. The lowest BCUT2D eigenvalue weighted by molar-refractivity contribution is -0.138. The molecule has 7 N–H and O–H groups in total. The largest absolute Gasteiger partial charge is 0.449 e. The molecule has 0 aliphatic heterocycles. The van der Waals surface area contributed by atoms with E-state index in [1.54, 1.807) is 65.2 Å². The van der Waals surface area contributed by atoms with Crippen molar-refractivity contribution in [2.24, 2.45) is 22.5 Å². The maximum atomic E-state index is 13.8. The smallest absolute Gasteiger partial charge is 0.410 e. The first kappa shape index (κ1) is 52.6. The van der Waals surface area contributed by atoms with Crippen LogP contribution in [0.2, 0.25) is 0 Å². The summed E-state index contributed by atoms with van der Waals surface area (Å²) in [7, 11) is 3.10. The van der Waals surface area contributed by atoms with Gasteiger partial charge in [-0.2, -0.15) is 0 Å². The fourth-order valence-electron chi connectivity index (χ4n) is 10.1. The summed E-state index contributed by atoms with van der Waals surface area (Å²) in [5, 5.41) is 22.0. The van der Waals surface area contributed by atoms with Crippen molar-refractivity contribution < 1.29 is 52.9 Å². The molecule has 7 rings (SSSR count). The van der Waals surface area contributed by atoms with E-state index < -0.39 is 70.7 Å². The Kier molecular flexibility index (Phi) is 15.5. The number of rotatable bonds is 18. The van der Waals surface area contributed by atoms with Gasteiger partial charge in [-0.05, 0) is 85.4 Å². The fourth-order valence-corrected chi connectivity index (χ4v) is 10.1. The van der Waals surface area contributed by atoms with Crippen LogP contribution >= 0.6 is 0 Å². The van der Waals surface area contributed by atoms with Gasteiger partial charge in [0.1, 0.15) is 37.0 Å². The highest BCUT2D eigenvalue weighted by atomic mass is 16.6. The number of nitrogens with two attached hydrogens (primary N) is 1. The predicted octanol–water partition coefficient (Wildman–Crippen LogP) is 6.52. The first-order chi connectivity index (χ1) is 34.1. The maximum absolute atomic E-state index is 13.8. The number of carbonyl (C=O) groups excluding carboxylic acids is 7. The fraction of sp³-hybridized carbons (Fsp3) is 0.463. The first-order valence-electron chi connectivity index (χ1n) is 24.4. The van der Waals surface area contributed by atoms with E-state index in [0.29, 0.717) is 35.2 Å². The molecule has 1 unspecified atom stereocenters. The van der Waals surface area contributed by atoms with E-state index in [4.69, 9.17) is 19.9 Å². The molecule has 4 aliphatic carbocycles. The lowest BCUT2D eigenvalue weighted by Crippen LogP contribution is -2.54. The van der Waals surface area contributed by atoms with Crippen LogP contribution in [0.15, 0.2) is 95.6 Å². The molecule has 0 bridgehead atoms.